The van der Waals surface area contributed by atoms with Crippen molar-refractivity contribution in [1.29, 1.82) is 0 Å². The molecule has 1 atom stereocenters. The zero-order valence-electron chi connectivity index (χ0n) is 3.92. The molecule has 0 aromatic rings. The summed E-state index contributed by atoms with van der Waals surface area (Å²) in [5.41, 5.74) is 0. The van der Waals surface area contributed by atoms with Gasteiger partial charge in [-0.2, -0.15) is 8.78 Å². The molecule has 0 N–H and O–H groups in total. The molecule has 0 aromatic carbocycles. The Morgan fingerprint density at radius 2 is 1.67 bits per heavy atom. The summed E-state index contributed by atoms with van der Waals surface area (Å²) >= 11 is 6.24. The second-order valence-corrected chi connectivity index (χ2v) is 2.81. The van der Waals surface area contributed by atoms with Crippen LogP contribution < -0.4 is 0 Å². The van der Waals surface area contributed by atoms with Crippen LogP contribution in [-0.2, 0) is 0 Å². The van der Waals surface area contributed by atoms with E-state index in [4.69, 9.17) is 0 Å². The van der Waals surface area contributed by atoms with Gasteiger partial charge in [0, 0.05) is 0 Å². The van der Waals surface area contributed by atoms with Gasteiger partial charge in [-0.3, -0.25) is 0 Å². The third kappa shape index (κ3) is 3.25. The molecule has 0 aliphatic heterocycles. The van der Waals surface area contributed by atoms with Crippen molar-refractivity contribution in [1.82, 2.24) is 0 Å². The first kappa shape index (κ1) is 9.49. The van der Waals surface area contributed by atoms with E-state index >= 15 is 0 Å². The molecule has 1 unspecified atom stereocenters. The molecule has 0 aliphatic carbocycles. The highest BCUT2D eigenvalue weighted by Gasteiger charge is 2.41. The molecule has 0 saturated heterocycles. The lowest BCUT2D eigenvalue weighted by molar-refractivity contribution is 0.0301. The normalized spacial score (nSPS) is 16.3. The van der Waals surface area contributed by atoms with Crippen LogP contribution in [0.2, 0.25) is 0 Å². The maximum Gasteiger partial charge on any atom is 0.323 e. The Bertz CT molecular complexity index is 90.3. The van der Waals surface area contributed by atoms with Crippen LogP contribution in [0.15, 0.2) is 0 Å². The Hall–Kier alpha value is 0.490. The third-order valence-corrected chi connectivity index (χ3v) is 1.76. The van der Waals surface area contributed by atoms with E-state index in [-0.39, 0.29) is 0 Å². The summed E-state index contributed by atoms with van der Waals surface area (Å²) in [5.74, 6) is 0. The Balaban J connectivity index is 3.88. The predicted octanol–water partition coefficient (Wildman–Crippen LogP) is 2.85. The highest BCUT2D eigenvalue weighted by molar-refractivity contribution is 9.10. The fraction of sp³-hybridized carbons (Fsp3) is 1.00. The lowest BCUT2D eigenvalue weighted by Crippen LogP contribution is -2.28. The Labute approximate surface area is 62.3 Å². The second-order valence-electron chi connectivity index (χ2n) is 1.28. The van der Waals surface area contributed by atoms with Crippen molar-refractivity contribution < 1.29 is 17.6 Å². The van der Waals surface area contributed by atoms with Gasteiger partial charge in [0.25, 0.3) is 6.43 Å². The molecule has 0 nitrogen and oxygen atoms in total. The highest BCUT2D eigenvalue weighted by Crippen LogP contribution is 2.33. The molecule has 0 fully saturated rings. The largest absolute Gasteiger partial charge is 0.323 e. The molecule has 0 heterocycles. The van der Waals surface area contributed by atoms with E-state index in [0.29, 0.717) is 0 Å². The first-order valence-corrected chi connectivity index (χ1v) is 3.07. The highest BCUT2D eigenvalue weighted by atomic mass is 79.9. The topological polar surface area (TPSA) is 0 Å². The average Bonchev–Trinajstić information content (AvgIpc) is 1.62. The second kappa shape index (κ2) is 3.05. The molecule has 0 aliphatic rings. The lowest BCUT2D eigenvalue weighted by atomic mass is 10.5. The monoisotopic (exact) mass is 228 g/mol. The van der Waals surface area contributed by atoms with Crippen LogP contribution in [0.3, 0.4) is 0 Å². The predicted molar refractivity (Wildman–Crippen MR) is 29.5 cm³/mol. The number of alkyl halides is 6. The zero-order chi connectivity index (χ0) is 7.65. The molecule has 0 rings (SSSR count). The van der Waals surface area contributed by atoms with Gasteiger partial charge in [-0.05, 0) is 15.9 Å². The third-order valence-electron chi connectivity index (χ3n) is 0.534. The molecular formula is C3H2BrClF4. The van der Waals surface area contributed by atoms with Crippen LogP contribution >= 0.6 is 27.5 Å². The quantitative estimate of drug-likeness (QED) is 0.504. The summed E-state index contributed by atoms with van der Waals surface area (Å²) < 4.78 is 45.9. The Morgan fingerprint density at radius 1 is 1.33 bits per heavy atom. The van der Waals surface area contributed by atoms with E-state index < -0.39 is 16.6 Å². The number of rotatable bonds is 2. The van der Waals surface area contributed by atoms with Crippen molar-refractivity contribution in [2.24, 2.45) is 0 Å². The van der Waals surface area contributed by atoms with Gasteiger partial charge in [-0.25, -0.2) is 8.78 Å². The molecule has 0 aromatic heterocycles. The van der Waals surface area contributed by atoms with Crippen LogP contribution in [0.1, 0.15) is 0 Å². The van der Waals surface area contributed by atoms with Crippen LogP contribution in [-0.4, -0.2) is 16.6 Å². The number of hydrogen-bond donors (Lipinski definition) is 0. The van der Waals surface area contributed by atoms with Gasteiger partial charge in [0.1, 0.15) is 0 Å². The van der Waals surface area contributed by atoms with Crippen LogP contribution in [0, 0.1) is 0 Å². The minimum absolute atomic E-state index is 1.70. The molecule has 6 heteroatoms. The van der Waals surface area contributed by atoms with E-state index in [1.165, 1.54) is 0 Å². The standard InChI is InChI=1S/C3H2BrClF4/c4-3(8,9)1(5)2(6)7/h1-2H. The average molecular weight is 229 g/mol. The maximum absolute atomic E-state index is 11.7. The van der Waals surface area contributed by atoms with E-state index in [1.54, 1.807) is 15.9 Å². The Kier molecular flexibility index (Phi) is 3.22. The Morgan fingerprint density at radius 3 is 1.67 bits per heavy atom. The summed E-state index contributed by atoms with van der Waals surface area (Å²) in [6.07, 6.45) is -3.22. The van der Waals surface area contributed by atoms with Gasteiger partial charge < -0.3 is 0 Å². The molecule has 0 radical (unpaired) electrons. The summed E-state index contributed by atoms with van der Waals surface area (Å²) in [7, 11) is 0. The van der Waals surface area contributed by atoms with E-state index in [0.717, 1.165) is 0 Å². The molecule has 0 saturated carbocycles. The van der Waals surface area contributed by atoms with Gasteiger partial charge in [-0.1, -0.05) is 0 Å². The smallest absolute Gasteiger partial charge is 0.209 e. The molecule has 0 amide bonds. The van der Waals surface area contributed by atoms with Crippen molar-refractivity contribution in [2.75, 3.05) is 0 Å². The summed E-state index contributed by atoms with van der Waals surface area (Å²) in [4.78, 5) is -3.69. The van der Waals surface area contributed by atoms with Crippen molar-refractivity contribution in [2.45, 2.75) is 16.6 Å². The van der Waals surface area contributed by atoms with E-state index in [1.807, 2.05) is 0 Å². The van der Waals surface area contributed by atoms with Crippen molar-refractivity contribution in [3.05, 3.63) is 0 Å². The minimum atomic E-state index is -3.69. The van der Waals surface area contributed by atoms with Gasteiger partial charge in [0.05, 0.1) is 0 Å². The minimum Gasteiger partial charge on any atom is -0.209 e. The summed E-state index contributed by atoms with van der Waals surface area (Å²) in [5, 5.41) is -2.46. The SMILES string of the molecule is FC(F)C(Cl)C(F)(F)Br. The van der Waals surface area contributed by atoms with E-state index in [9.17, 15) is 17.6 Å². The van der Waals surface area contributed by atoms with Crippen LogP contribution in [0.4, 0.5) is 17.6 Å². The van der Waals surface area contributed by atoms with E-state index in [2.05, 4.69) is 11.6 Å². The number of halogens is 6. The molecule has 56 valence electrons. The number of hydrogen-bond acceptors (Lipinski definition) is 0. The van der Waals surface area contributed by atoms with Gasteiger partial charge in [-0.15, -0.1) is 11.6 Å². The molecule has 9 heavy (non-hydrogen) atoms. The molecule has 0 bridgehead atoms. The van der Waals surface area contributed by atoms with Gasteiger partial charge >= 0.3 is 4.83 Å². The summed E-state index contributed by atoms with van der Waals surface area (Å²) in [6.45, 7) is 0. The summed E-state index contributed by atoms with van der Waals surface area (Å²) in [6, 6.07) is 0. The molecule has 0 spiro atoms. The van der Waals surface area contributed by atoms with Crippen LogP contribution in [0.25, 0.3) is 0 Å². The van der Waals surface area contributed by atoms with Gasteiger partial charge in [0.15, 0.2) is 5.38 Å². The first-order valence-electron chi connectivity index (χ1n) is 1.84. The lowest BCUT2D eigenvalue weighted by Gasteiger charge is -2.13. The van der Waals surface area contributed by atoms with Crippen molar-refractivity contribution >= 4 is 27.5 Å². The van der Waals surface area contributed by atoms with Crippen molar-refractivity contribution in [3.63, 3.8) is 0 Å². The fourth-order valence-electron chi connectivity index (χ4n) is 0.143. The van der Waals surface area contributed by atoms with Crippen molar-refractivity contribution in [3.8, 4) is 0 Å². The zero-order valence-corrected chi connectivity index (χ0v) is 6.26. The van der Waals surface area contributed by atoms with Crippen LogP contribution in [0.5, 0.6) is 0 Å². The first-order chi connectivity index (χ1) is 3.85. The molecular weight excluding hydrogens is 227 g/mol. The fourth-order valence-corrected chi connectivity index (χ4v) is 0.343. The maximum atomic E-state index is 11.7. The van der Waals surface area contributed by atoms with Gasteiger partial charge in [0.2, 0.25) is 0 Å².